The predicted molar refractivity (Wildman–Crippen MR) is 74.1 cm³/mol. The molecule has 2 N–H and O–H groups in total. The summed E-state index contributed by atoms with van der Waals surface area (Å²) < 4.78 is 0. The molecule has 0 unspecified atom stereocenters. The molecular formula is C14H24N2S. The van der Waals surface area contributed by atoms with Crippen LogP contribution < -0.4 is 5.73 Å². The van der Waals surface area contributed by atoms with Gasteiger partial charge in [0, 0.05) is 16.3 Å². The van der Waals surface area contributed by atoms with Crippen molar-refractivity contribution in [1.82, 2.24) is 4.98 Å². The number of aromatic nitrogens is 1. The average molecular weight is 252 g/mol. The Morgan fingerprint density at radius 3 is 2.18 bits per heavy atom. The van der Waals surface area contributed by atoms with Gasteiger partial charge in [0.05, 0.1) is 11.2 Å². The molecule has 1 aromatic heterocycles. The van der Waals surface area contributed by atoms with Crippen LogP contribution in [0.5, 0.6) is 0 Å². The second-order valence-electron chi connectivity index (χ2n) is 7.29. The maximum absolute atomic E-state index is 6.61. The highest BCUT2D eigenvalue weighted by Crippen LogP contribution is 2.63. The van der Waals surface area contributed by atoms with Crippen LogP contribution in [0.4, 0.5) is 0 Å². The molecule has 2 nitrogen and oxygen atoms in total. The highest BCUT2D eigenvalue weighted by atomic mass is 32.1. The molecule has 0 saturated carbocycles. The van der Waals surface area contributed by atoms with E-state index in [0.717, 1.165) is 6.42 Å². The first-order chi connectivity index (χ1) is 7.61. The van der Waals surface area contributed by atoms with Gasteiger partial charge in [-0.2, -0.15) is 0 Å². The summed E-state index contributed by atoms with van der Waals surface area (Å²) in [5.41, 5.74) is 10.2. The van der Waals surface area contributed by atoms with E-state index in [4.69, 9.17) is 5.73 Å². The Balaban J connectivity index is 2.58. The largest absolute Gasteiger partial charge is 0.323 e. The Morgan fingerprint density at radius 2 is 1.76 bits per heavy atom. The Bertz CT molecular complexity index is 406. The number of nitrogens with zero attached hydrogens (tertiary/aromatic N) is 1. The van der Waals surface area contributed by atoms with E-state index in [1.807, 2.05) is 5.51 Å². The van der Waals surface area contributed by atoms with Gasteiger partial charge < -0.3 is 5.73 Å². The first-order valence-electron chi connectivity index (χ1n) is 6.29. The van der Waals surface area contributed by atoms with Gasteiger partial charge in [0.25, 0.3) is 0 Å². The average Bonchev–Trinajstić information content (AvgIpc) is 2.63. The van der Waals surface area contributed by atoms with Crippen LogP contribution in [0.2, 0.25) is 0 Å². The van der Waals surface area contributed by atoms with Crippen LogP contribution in [0.15, 0.2) is 5.51 Å². The lowest BCUT2D eigenvalue weighted by molar-refractivity contribution is -0.0458. The van der Waals surface area contributed by atoms with Crippen LogP contribution in [-0.2, 0) is 6.42 Å². The summed E-state index contributed by atoms with van der Waals surface area (Å²) in [6.45, 7) is 13.9. The Morgan fingerprint density at radius 1 is 1.24 bits per heavy atom. The van der Waals surface area contributed by atoms with Crippen molar-refractivity contribution in [2.24, 2.45) is 22.0 Å². The lowest BCUT2D eigenvalue weighted by Crippen LogP contribution is -2.51. The van der Waals surface area contributed by atoms with E-state index in [2.05, 4.69) is 46.5 Å². The molecule has 1 atom stereocenters. The van der Waals surface area contributed by atoms with Crippen LogP contribution in [0, 0.1) is 16.2 Å². The first-order valence-corrected chi connectivity index (χ1v) is 7.17. The molecular weight excluding hydrogens is 228 g/mol. The van der Waals surface area contributed by atoms with Crippen molar-refractivity contribution in [3.63, 3.8) is 0 Å². The zero-order chi connectivity index (χ0) is 13.1. The van der Waals surface area contributed by atoms with Gasteiger partial charge >= 0.3 is 0 Å². The van der Waals surface area contributed by atoms with E-state index < -0.39 is 0 Å². The van der Waals surface area contributed by atoms with E-state index in [-0.39, 0.29) is 22.3 Å². The molecule has 0 amide bonds. The third kappa shape index (κ3) is 1.59. The number of thiazole rings is 1. The van der Waals surface area contributed by atoms with Crippen molar-refractivity contribution < 1.29 is 0 Å². The second kappa shape index (κ2) is 3.55. The van der Waals surface area contributed by atoms with Gasteiger partial charge in [0.2, 0.25) is 0 Å². The summed E-state index contributed by atoms with van der Waals surface area (Å²) in [5, 5.41) is 0. The van der Waals surface area contributed by atoms with Crippen LogP contribution in [0.3, 0.4) is 0 Å². The highest BCUT2D eigenvalue weighted by molar-refractivity contribution is 7.09. The van der Waals surface area contributed by atoms with E-state index in [1.54, 1.807) is 11.3 Å². The van der Waals surface area contributed by atoms with Crippen molar-refractivity contribution in [2.75, 3.05) is 0 Å². The maximum atomic E-state index is 6.61. The number of hydrogen-bond acceptors (Lipinski definition) is 3. The van der Waals surface area contributed by atoms with Gasteiger partial charge in [0.1, 0.15) is 0 Å². The monoisotopic (exact) mass is 252 g/mol. The lowest BCUT2D eigenvalue weighted by Gasteiger charge is -2.54. The van der Waals surface area contributed by atoms with Gasteiger partial charge in [-0.05, 0) is 17.3 Å². The molecule has 96 valence electrons. The predicted octanol–water partition coefficient (Wildman–Crippen LogP) is 3.78. The fourth-order valence-electron chi connectivity index (χ4n) is 3.85. The summed E-state index contributed by atoms with van der Waals surface area (Å²) in [6, 6.07) is 0.116. The van der Waals surface area contributed by atoms with Gasteiger partial charge in [-0.3, -0.25) is 0 Å². The Hall–Kier alpha value is -0.410. The van der Waals surface area contributed by atoms with Crippen LogP contribution in [-0.4, -0.2) is 4.98 Å². The van der Waals surface area contributed by atoms with Crippen molar-refractivity contribution in [3.8, 4) is 0 Å². The number of nitrogens with two attached hydrogens (primary N) is 1. The lowest BCUT2D eigenvalue weighted by atomic mass is 9.51. The van der Waals surface area contributed by atoms with Crippen molar-refractivity contribution in [2.45, 2.75) is 54.0 Å². The normalized spacial score (nSPS) is 23.8. The number of rotatable bonds is 0. The molecule has 3 heteroatoms. The van der Waals surface area contributed by atoms with Gasteiger partial charge in [-0.25, -0.2) is 4.98 Å². The van der Waals surface area contributed by atoms with E-state index >= 15 is 0 Å². The topological polar surface area (TPSA) is 38.9 Å². The van der Waals surface area contributed by atoms with E-state index in [0.29, 0.717) is 0 Å². The zero-order valence-corrected chi connectivity index (χ0v) is 12.6. The molecule has 0 fully saturated rings. The van der Waals surface area contributed by atoms with Gasteiger partial charge in [-0.15, -0.1) is 11.3 Å². The van der Waals surface area contributed by atoms with Crippen molar-refractivity contribution >= 4 is 11.3 Å². The quantitative estimate of drug-likeness (QED) is 0.763. The molecule has 0 aromatic carbocycles. The summed E-state index contributed by atoms with van der Waals surface area (Å²) in [7, 11) is 0. The molecule has 0 aliphatic heterocycles. The molecule has 0 bridgehead atoms. The molecule has 1 aromatic rings. The fraction of sp³-hybridized carbons (Fsp3) is 0.786. The molecule has 0 spiro atoms. The molecule has 0 saturated heterocycles. The smallest absolute Gasteiger partial charge is 0.0798 e. The van der Waals surface area contributed by atoms with E-state index in [9.17, 15) is 0 Å². The molecule has 1 heterocycles. The summed E-state index contributed by atoms with van der Waals surface area (Å²) in [4.78, 5) is 5.81. The van der Waals surface area contributed by atoms with Crippen LogP contribution in [0.1, 0.15) is 58.2 Å². The van der Waals surface area contributed by atoms with Crippen LogP contribution >= 0.6 is 11.3 Å². The zero-order valence-electron chi connectivity index (χ0n) is 11.8. The third-order valence-electron chi connectivity index (χ3n) is 4.61. The summed E-state index contributed by atoms with van der Waals surface area (Å²) >= 11 is 1.72. The van der Waals surface area contributed by atoms with Crippen molar-refractivity contribution in [3.05, 3.63) is 16.1 Å². The third-order valence-corrected chi connectivity index (χ3v) is 5.56. The number of hydrogen-bond donors (Lipinski definition) is 1. The Kier molecular flexibility index (Phi) is 2.72. The SMILES string of the molecule is CC(C)(C)C1(C(C)(C)C)Cc2ncsc2[C@H]1N. The summed E-state index contributed by atoms with van der Waals surface area (Å²) in [5.74, 6) is 0. The minimum absolute atomic E-state index is 0.0927. The standard InChI is InChI=1S/C14H24N2S/c1-12(2,3)14(13(4,5)6)7-9-10(11(14)15)17-8-16-9/h8,11H,7,15H2,1-6H3/t11-/m1/s1. The number of fused-ring (bicyclic) bond motifs is 1. The summed E-state index contributed by atoms with van der Waals surface area (Å²) in [6.07, 6.45) is 1.01. The minimum atomic E-state index is 0.0927. The van der Waals surface area contributed by atoms with Crippen molar-refractivity contribution in [1.29, 1.82) is 0 Å². The fourth-order valence-corrected chi connectivity index (χ4v) is 4.75. The molecule has 1 aliphatic rings. The van der Waals surface area contributed by atoms with Crippen LogP contribution in [0.25, 0.3) is 0 Å². The van der Waals surface area contributed by atoms with Gasteiger partial charge in [0.15, 0.2) is 0 Å². The molecule has 1 aliphatic carbocycles. The second-order valence-corrected chi connectivity index (χ2v) is 8.18. The minimum Gasteiger partial charge on any atom is -0.323 e. The Labute approximate surface area is 109 Å². The first kappa shape index (κ1) is 13.0. The maximum Gasteiger partial charge on any atom is 0.0798 e. The highest BCUT2D eigenvalue weighted by Gasteiger charge is 2.59. The molecule has 17 heavy (non-hydrogen) atoms. The molecule has 0 radical (unpaired) electrons. The molecule has 2 rings (SSSR count). The van der Waals surface area contributed by atoms with E-state index in [1.165, 1.54) is 10.6 Å². The van der Waals surface area contributed by atoms with Gasteiger partial charge in [-0.1, -0.05) is 41.5 Å².